The lowest BCUT2D eigenvalue weighted by Crippen LogP contribution is -2.37. The van der Waals surface area contributed by atoms with E-state index in [2.05, 4.69) is 4.84 Å². The highest BCUT2D eigenvalue weighted by Crippen LogP contribution is 2.28. The number of aliphatic hydroxyl groups excluding tert-OH is 2. The monoisotopic (exact) mass is 320 g/mol. The van der Waals surface area contributed by atoms with Gasteiger partial charge in [0.25, 0.3) is 5.56 Å². The summed E-state index contributed by atoms with van der Waals surface area (Å²) in [5.74, 6) is 0. The summed E-state index contributed by atoms with van der Waals surface area (Å²) in [4.78, 5) is 29.5. The highest BCUT2D eigenvalue weighted by Gasteiger charge is 2.44. The van der Waals surface area contributed by atoms with Crippen LogP contribution in [0.25, 0.3) is 0 Å². The van der Waals surface area contributed by atoms with Crippen molar-refractivity contribution in [2.75, 3.05) is 6.61 Å². The van der Waals surface area contributed by atoms with Gasteiger partial charge in [0, 0.05) is 17.3 Å². The zero-order chi connectivity index (χ0) is 15.6. The number of hydrogen-bond donors (Lipinski definition) is 5. The fourth-order valence-corrected chi connectivity index (χ4v) is 2.02. The average molecular weight is 320 g/mol. The van der Waals surface area contributed by atoms with Gasteiger partial charge in [-0.2, -0.15) is 0 Å². The highest BCUT2D eigenvalue weighted by molar-refractivity contribution is 7.21. The van der Waals surface area contributed by atoms with E-state index in [1.165, 1.54) is 0 Å². The van der Waals surface area contributed by atoms with Crippen molar-refractivity contribution < 1.29 is 25.0 Å². The quantitative estimate of drug-likeness (QED) is 0.320. The van der Waals surface area contributed by atoms with Crippen molar-refractivity contribution in [1.29, 1.82) is 5.16 Å². The van der Waals surface area contributed by atoms with Gasteiger partial charge in [-0.3, -0.25) is 29.6 Å². The molecule has 0 amide bonds. The maximum atomic E-state index is 11.6. The maximum Gasteiger partial charge on any atom is 0.330 e. The summed E-state index contributed by atoms with van der Waals surface area (Å²) < 4.78 is 6.23. The molecule has 2 heterocycles. The van der Waals surface area contributed by atoms with E-state index in [1.807, 2.05) is 4.98 Å². The third kappa shape index (κ3) is 3.41. The normalized spacial score (nSPS) is 29.3. The summed E-state index contributed by atoms with van der Waals surface area (Å²) in [5.41, 5.74) is -1.40. The second kappa shape index (κ2) is 6.54. The van der Waals surface area contributed by atoms with Crippen molar-refractivity contribution in [2.45, 2.75) is 24.5 Å². The lowest BCUT2D eigenvalue weighted by molar-refractivity contribution is -0.277. The van der Waals surface area contributed by atoms with Crippen molar-refractivity contribution in [3.8, 4) is 0 Å². The number of nitrogens with zero attached hydrogens (tertiary/aromatic N) is 2. The summed E-state index contributed by atoms with van der Waals surface area (Å²) in [6, 6.07) is 1.07. The summed E-state index contributed by atoms with van der Waals surface area (Å²) in [6.07, 6.45) is -3.91. The number of aromatic amines is 1. The van der Waals surface area contributed by atoms with E-state index < -0.39 is 35.8 Å². The molecule has 1 aliphatic rings. The molecule has 0 unspecified atom stereocenters. The van der Waals surface area contributed by atoms with E-state index >= 15 is 0 Å². The predicted octanol–water partition coefficient (Wildman–Crippen LogP) is -1.60. The zero-order valence-electron chi connectivity index (χ0n) is 10.5. The van der Waals surface area contributed by atoms with Crippen LogP contribution in [0.1, 0.15) is 6.23 Å². The zero-order valence-corrected chi connectivity index (χ0v) is 11.4. The molecule has 0 radical (unpaired) electrons. The van der Waals surface area contributed by atoms with E-state index in [0.717, 1.165) is 16.8 Å². The van der Waals surface area contributed by atoms with Crippen LogP contribution in [0, 0.1) is 5.16 Å². The van der Waals surface area contributed by atoms with Gasteiger partial charge in [0.1, 0.15) is 33.4 Å². The number of ether oxygens (including phenoxy) is 1. The summed E-state index contributed by atoms with van der Waals surface area (Å²) in [5, 5.41) is 35.5. The Morgan fingerprint density at radius 3 is 2.81 bits per heavy atom. The molecular formula is C9H13N4O7P. The first-order valence-corrected chi connectivity index (χ1v) is 6.61. The molecule has 1 aliphatic heterocycles. The Labute approximate surface area is 118 Å². The number of rotatable bonds is 5. The van der Waals surface area contributed by atoms with Crippen LogP contribution in [0.15, 0.2) is 21.9 Å². The molecule has 5 N–H and O–H groups in total. The van der Waals surface area contributed by atoms with E-state index in [-0.39, 0.29) is 20.1 Å². The summed E-state index contributed by atoms with van der Waals surface area (Å²) in [6.45, 7) is -0.338. The molecule has 0 spiro atoms. The van der Waals surface area contributed by atoms with Crippen LogP contribution in [0.2, 0.25) is 0 Å². The maximum absolute atomic E-state index is 11.6. The molecule has 4 atom stereocenters. The molecule has 116 valence electrons. The minimum absolute atomic E-state index is 0.196. The smallest absolute Gasteiger partial charge is 0.330 e. The van der Waals surface area contributed by atoms with Crippen LogP contribution < -0.4 is 11.2 Å². The predicted molar refractivity (Wildman–Crippen MR) is 66.5 cm³/mol. The lowest BCUT2D eigenvalue weighted by atomic mass is 10.1. The fourth-order valence-electron chi connectivity index (χ4n) is 1.89. The molecule has 1 fully saturated rings. The van der Waals surface area contributed by atoms with Gasteiger partial charge < -0.3 is 14.9 Å². The van der Waals surface area contributed by atoms with Crippen LogP contribution in [0.4, 0.5) is 0 Å². The van der Waals surface area contributed by atoms with Crippen LogP contribution in [-0.4, -0.2) is 54.9 Å². The Morgan fingerprint density at radius 1 is 1.48 bits per heavy atom. The molecule has 1 aromatic rings. The Kier molecular flexibility index (Phi) is 4.96. The topological polar surface area (TPSA) is 161 Å². The Morgan fingerprint density at radius 2 is 2.19 bits per heavy atom. The van der Waals surface area contributed by atoms with Gasteiger partial charge in [0.2, 0.25) is 0 Å². The van der Waals surface area contributed by atoms with Crippen LogP contribution in [0.5, 0.6) is 0 Å². The van der Waals surface area contributed by atoms with Gasteiger partial charge in [-0.25, -0.2) is 4.79 Å². The van der Waals surface area contributed by atoms with E-state index in [0.29, 0.717) is 0 Å². The molecule has 11 nitrogen and oxygen atoms in total. The highest BCUT2D eigenvalue weighted by atomic mass is 31.1. The van der Waals surface area contributed by atoms with Crippen molar-refractivity contribution in [3.63, 3.8) is 0 Å². The van der Waals surface area contributed by atoms with Crippen LogP contribution >= 0.6 is 8.52 Å². The number of nitrogens with one attached hydrogen (secondary N) is 2. The molecule has 0 bridgehead atoms. The van der Waals surface area contributed by atoms with Gasteiger partial charge >= 0.3 is 5.69 Å². The number of aliphatic hydroxyl groups is 2. The second-order valence-electron chi connectivity index (χ2n) is 4.21. The fraction of sp³-hybridized carbons (Fsp3) is 0.556. The second-order valence-corrected chi connectivity index (χ2v) is 4.75. The number of hydrogen-bond acceptors (Lipinski definition) is 8. The van der Waals surface area contributed by atoms with E-state index in [1.54, 1.807) is 0 Å². The van der Waals surface area contributed by atoms with Gasteiger partial charge in [0.05, 0.1) is 0 Å². The Bertz CT molecular complexity index is 619. The third-order valence-electron chi connectivity index (χ3n) is 2.90. The average Bonchev–Trinajstić information content (AvgIpc) is 2.73. The molecule has 0 aromatic carbocycles. The van der Waals surface area contributed by atoms with Crippen molar-refractivity contribution in [2.24, 2.45) is 0 Å². The van der Waals surface area contributed by atoms with Crippen molar-refractivity contribution in [3.05, 3.63) is 33.1 Å². The SMILES string of the molecule is N=PN(O)OC[C@H]1O[C@@H](n2ccc(=O)[nH]c2=O)[C@H](O)[C@@H]1O. The van der Waals surface area contributed by atoms with Crippen LogP contribution in [-0.2, 0) is 9.57 Å². The van der Waals surface area contributed by atoms with Crippen molar-refractivity contribution >= 4 is 8.52 Å². The molecule has 12 heteroatoms. The molecule has 1 saturated heterocycles. The Hall–Kier alpha value is -1.46. The van der Waals surface area contributed by atoms with Gasteiger partial charge in [-0.05, 0) is 0 Å². The minimum atomic E-state index is -1.43. The standard InChI is InChI=1S/C9H13N4O7P/c10-21-13(18)19-3-4-6(15)7(16)8(20-4)12-2-1-5(14)11-9(12)17/h1-2,4,6-8,10,15-16,18H,3H2,(H,11,14,17)/t4-,6-,7-,8-/m1/s1. The van der Waals surface area contributed by atoms with Crippen LogP contribution in [0.3, 0.4) is 0 Å². The Balaban J connectivity index is 2.14. The minimum Gasteiger partial charge on any atom is -0.387 e. The number of aromatic nitrogens is 2. The van der Waals surface area contributed by atoms with E-state index in [9.17, 15) is 19.8 Å². The summed E-state index contributed by atoms with van der Waals surface area (Å²) >= 11 is 0. The van der Waals surface area contributed by atoms with Gasteiger partial charge in [-0.15, -0.1) is 0 Å². The lowest BCUT2D eigenvalue weighted by Gasteiger charge is -2.16. The molecular weight excluding hydrogens is 307 g/mol. The van der Waals surface area contributed by atoms with Gasteiger partial charge in [-0.1, -0.05) is 0 Å². The van der Waals surface area contributed by atoms with E-state index in [4.69, 9.17) is 15.1 Å². The first-order valence-electron chi connectivity index (χ1n) is 5.76. The molecule has 0 saturated carbocycles. The molecule has 2 rings (SSSR count). The first-order chi connectivity index (χ1) is 9.93. The molecule has 21 heavy (non-hydrogen) atoms. The molecule has 0 aliphatic carbocycles. The summed E-state index contributed by atoms with van der Waals surface area (Å²) in [7, 11) is -0.320. The number of H-pyrrole nitrogens is 1. The van der Waals surface area contributed by atoms with Gasteiger partial charge in [0.15, 0.2) is 6.23 Å². The van der Waals surface area contributed by atoms with Crippen molar-refractivity contribution in [1.82, 2.24) is 14.5 Å². The molecule has 1 aromatic heterocycles. The largest absolute Gasteiger partial charge is 0.387 e. The first kappa shape index (κ1) is 15.9. The third-order valence-corrected chi connectivity index (χ3v) is 3.19.